The summed E-state index contributed by atoms with van der Waals surface area (Å²) in [6, 6.07) is 7.23. The molecule has 0 bridgehead atoms. The number of carbonyl (C=O) groups excluding carboxylic acids is 1. The van der Waals surface area contributed by atoms with Crippen LogP contribution in [0.25, 0.3) is 0 Å². The predicted octanol–water partition coefficient (Wildman–Crippen LogP) is 2.05. The highest BCUT2D eigenvalue weighted by Crippen LogP contribution is 2.13. The molecule has 5 N–H and O–H groups in total. The second-order valence-corrected chi connectivity index (χ2v) is 4.79. The number of hydrogen-bond acceptors (Lipinski definition) is 4. The minimum Gasteiger partial charge on any atom is -0.397 e. The smallest absolute Gasteiger partial charge is 0.255 e. The third-order valence-corrected chi connectivity index (χ3v) is 3.18. The number of benzene rings is 1. The molecule has 0 fully saturated rings. The van der Waals surface area contributed by atoms with E-state index in [-0.39, 0.29) is 5.91 Å². The van der Waals surface area contributed by atoms with Gasteiger partial charge in [0.1, 0.15) is 0 Å². The summed E-state index contributed by atoms with van der Waals surface area (Å²) in [6.45, 7) is 3.25. The Bertz CT molecular complexity index is 531. The first-order valence-electron chi connectivity index (χ1n) is 7.37. The van der Waals surface area contributed by atoms with E-state index in [0.717, 1.165) is 25.0 Å². The van der Waals surface area contributed by atoms with E-state index >= 15 is 0 Å². The van der Waals surface area contributed by atoms with Crippen molar-refractivity contribution in [1.29, 1.82) is 0 Å². The molecule has 0 saturated carbocycles. The summed E-state index contributed by atoms with van der Waals surface area (Å²) in [6.07, 6.45) is 5.70. The maximum Gasteiger partial charge on any atom is 0.255 e. The van der Waals surface area contributed by atoms with E-state index in [2.05, 4.69) is 10.1 Å². The Kier molecular flexibility index (Phi) is 7.96. The molecule has 0 radical (unpaired) electrons. The molecule has 2 rings (SSSR count). The van der Waals surface area contributed by atoms with Gasteiger partial charge in [-0.05, 0) is 37.5 Å². The number of ether oxygens (including phenoxy) is 1. The average Bonchev–Trinajstić information content (AvgIpc) is 2.57. The van der Waals surface area contributed by atoms with Crippen LogP contribution in [0.2, 0.25) is 0 Å². The van der Waals surface area contributed by atoms with E-state index < -0.39 is 0 Å². The first-order valence-corrected chi connectivity index (χ1v) is 7.37. The van der Waals surface area contributed by atoms with Gasteiger partial charge < -0.3 is 21.5 Å². The summed E-state index contributed by atoms with van der Waals surface area (Å²) in [5, 5.41) is 2.82. The SMILES string of the molecule is CCOC.NCc1ccc(C(=O)NC2=CCCC=C2N)cc1. The summed E-state index contributed by atoms with van der Waals surface area (Å²) in [7, 11) is 1.68. The topological polar surface area (TPSA) is 90.4 Å². The molecule has 5 heteroatoms. The van der Waals surface area contributed by atoms with Gasteiger partial charge in [-0.15, -0.1) is 0 Å². The maximum atomic E-state index is 12.0. The van der Waals surface area contributed by atoms with Gasteiger partial charge in [0.25, 0.3) is 5.91 Å². The van der Waals surface area contributed by atoms with E-state index in [1.165, 1.54) is 0 Å². The van der Waals surface area contributed by atoms with Crippen LogP contribution in [-0.4, -0.2) is 19.6 Å². The van der Waals surface area contributed by atoms with Crippen LogP contribution in [0.1, 0.15) is 35.7 Å². The molecule has 0 unspecified atom stereocenters. The summed E-state index contributed by atoms with van der Waals surface area (Å²) in [5.74, 6) is -0.150. The zero-order chi connectivity index (χ0) is 16.4. The molecule has 1 aromatic rings. The van der Waals surface area contributed by atoms with Crippen molar-refractivity contribution in [3.63, 3.8) is 0 Å². The molecule has 0 heterocycles. The molecule has 0 aromatic heterocycles. The molecule has 22 heavy (non-hydrogen) atoms. The summed E-state index contributed by atoms with van der Waals surface area (Å²) < 4.78 is 4.54. The van der Waals surface area contributed by atoms with E-state index in [9.17, 15) is 4.79 Å². The predicted molar refractivity (Wildman–Crippen MR) is 88.9 cm³/mol. The molecule has 1 amide bonds. The van der Waals surface area contributed by atoms with Crippen LogP contribution in [0.4, 0.5) is 0 Å². The van der Waals surface area contributed by atoms with Gasteiger partial charge in [-0.1, -0.05) is 24.3 Å². The fourth-order valence-corrected chi connectivity index (χ4v) is 1.80. The van der Waals surface area contributed by atoms with E-state index in [1.807, 2.05) is 31.2 Å². The quantitative estimate of drug-likeness (QED) is 0.794. The maximum absolute atomic E-state index is 12.0. The fraction of sp³-hybridized carbons (Fsp3) is 0.353. The largest absolute Gasteiger partial charge is 0.397 e. The summed E-state index contributed by atoms with van der Waals surface area (Å²) in [5.41, 5.74) is 14.3. The number of methoxy groups -OCH3 is 1. The third-order valence-electron chi connectivity index (χ3n) is 3.18. The Labute approximate surface area is 132 Å². The highest BCUT2D eigenvalue weighted by molar-refractivity contribution is 5.95. The molecule has 1 aromatic carbocycles. The normalized spacial score (nSPS) is 13.4. The molecule has 0 atom stereocenters. The summed E-state index contributed by atoms with van der Waals surface area (Å²) in [4.78, 5) is 12.0. The minimum atomic E-state index is -0.150. The lowest BCUT2D eigenvalue weighted by atomic mass is 10.1. The van der Waals surface area contributed by atoms with Crippen molar-refractivity contribution in [2.75, 3.05) is 13.7 Å². The molecular weight excluding hydrogens is 278 g/mol. The van der Waals surface area contributed by atoms with Gasteiger partial charge in [0, 0.05) is 25.8 Å². The van der Waals surface area contributed by atoms with Gasteiger partial charge in [0.15, 0.2) is 0 Å². The highest BCUT2D eigenvalue weighted by atomic mass is 16.5. The van der Waals surface area contributed by atoms with Crippen molar-refractivity contribution in [2.24, 2.45) is 11.5 Å². The Morgan fingerprint density at radius 1 is 1.23 bits per heavy atom. The molecule has 0 aliphatic heterocycles. The van der Waals surface area contributed by atoms with Gasteiger partial charge in [-0.25, -0.2) is 0 Å². The van der Waals surface area contributed by atoms with Crippen LogP contribution in [0, 0.1) is 0 Å². The first-order chi connectivity index (χ1) is 10.6. The number of amides is 1. The number of rotatable bonds is 4. The van der Waals surface area contributed by atoms with Crippen LogP contribution in [-0.2, 0) is 11.3 Å². The molecular formula is C17H25N3O2. The molecule has 1 aliphatic carbocycles. The first kappa shape index (κ1) is 17.9. The van der Waals surface area contributed by atoms with Crippen LogP contribution in [0.15, 0.2) is 47.8 Å². The van der Waals surface area contributed by atoms with E-state index in [4.69, 9.17) is 11.5 Å². The molecule has 1 aliphatic rings. The number of hydrogen-bond donors (Lipinski definition) is 3. The lowest BCUT2D eigenvalue weighted by Gasteiger charge is -2.13. The van der Waals surface area contributed by atoms with Gasteiger partial charge in [0.2, 0.25) is 0 Å². The van der Waals surface area contributed by atoms with Gasteiger partial charge in [0.05, 0.1) is 11.4 Å². The summed E-state index contributed by atoms with van der Waals surface area (Å²) >= 11 is 0. The highest BCUT2D eigenvalue weighted by Gasteiger charge is 2.11. The standard InChI is InChI=1S/C14H17N3O.C3H8O/c15-9-10-5-7-11(8-6-10)14(18)17-13-4-2-1-3-12(13)16;1-3-4-2/h3-8H,1-2,9,15-16H2,(H,17,18);3H2,1-2H3. The van der Waals surface area contributed by atoms with Crippen LogP contribution in [0.5, 0.6) is 0 Å². The second kappa shape index (κ2) is 9.76. The van der Waals surface area contributed by atoms with Crippen molar-refractivity contribution in [3.8, 4) is 0 Å². The second-order valence-electron chi connectivity index (χ2n) is 4.79. The number of nitrogens with one attached hydrogen (secondary N) is 1. The zero-order valence-corrected chi connectivity index (χ0v) is 13.3. The third kappa shape index (κ3) is 5.71. The van der Waals surface area contributed by atoms with Crippen LogP contribution in [0.3, 0.4) is 0 Å². The van der Waals surface area contributed by atoms with Crippen molar-refractivity contribution >= 4 is 5.91 Å². The molecule has 5 nitrogen and oxygen atoms in total. The molecule has 120 valence electrons. The number of carbonyl (C=O) groups is 1. The van der Waals surface area contributed by atoms with Gasteiger partial charge in [-0.2, -0.15) is 0 Å². The average molecular weight is 303 g/mol. The Morgan fingerprint density at radius 3 is 2.32 bits per heavy atom. The Morgan fingerprint density at radius 2 is 1.82 bits per heavy atom. The number of allylic oxidation sites excluding steroid dienone is 2. The minimum absolute atomic E-state index is 0.150. The van der Waals surface area contributed by atoms with Crippen molar-refractivity contribution in [3.05, 3.63) is 58.9 Å². The van der Waals surface area contributed by atoms with Crippen molar-refractivity contribution < 1.29 is 9.53 Å². The van der Waals surface area contributed by atoms with Crippen LogP contribution >= 0.6 is 0 Å². The Hall–Kier alpha value is -2.11. The Balaban J connectivity index is 0.000000541. The molecule has 0 spiro atoms. The van der Waals surface area contributed by atoms with Gasteiger partial charge in [-0.3, -0.25) is 4.79 Å². The number of nitrogens with two attached hydrogens (primary N) is 2. The van der Waals surface area contributed by atoms with Crippen LogP contribution < -0.4 is 16.8 Å². The van der Waals surface area contributed by atoms with Crippen molar-refractivity contribution in [2.45, 2.75) is 26.3 Å². The lowest BCUT2D eigenvalue weighted by Crippen LogP contribution is -2.27. The monoisotopic (exact) mass is 303 g/mol. The lowest BCUT2D eigenvalue weighted by molar-refractivity contribution is 0.0966. The van der Waals surface area contributed by atoms with Crippen molar-refractivity contribution in [1.82, 2.24) is 5.32 Å². The molecule has 0 saturated heterocycles. The van der Waals surface area contributed by atoms with E-state index in [0.29, 0.717) is 23.5 Å². The van der Waals surface area contributed by atoms with E-state index in [1.54, 1.807) is 19.2 Å². The van der Waals surface area contributed by atoms with Gasteiger partial charge >= 0.3 is 0 Å². The fourth-order valence-electron chi connectivity index (χ4n) is 1.80. The zero-order valence-electron chi connectivity index (χ0n) is 13.3.